The Morgan fingerprint density at radius 2 is 2.03 bits per heavy atom. The third-order valence-corrected chi connectivity index (χ3v) is 7.34. The number of likely N-dealkylation sites (tertiary alicyclic amines) is 1. The lowest BCUT2D eigenvalue weighted by Crippen LogP contribution is -2.45. The van der Waals surface area contributed by atoms with Crippen molar-refractivity contribution in [2.45, 2.75) is 76.9 Å². The van der Waals surface area contributed by atoms with Crippen LogP contribution in [-0.4, -0.2) is 52.2 Å². The molecule has 3 atom stereocenters. The first kappa shape index (κ1) is 22.4. The summed E-state index contributed by atoms with van der Waals surface area (Å²) in [4.78, 5) is 37.1. The van der Waals surface area contributed by atoms with Gasteiger partial charge in [0, 0.05) is 24.1 Å². The van der Waals surface area contributed by atoms with Crippen LogP contribution in [0.5, 0.6) is 5.88 Å². The number of carbonyl (C=O) groups is 2. The summed E-state index contributed by atoms with van der Waals surface area (Å²) in [5.74, 6) is 0.244. The van der Waals surface area contributed by atoms with Gasteiger partial charge in [-0.05, 0) is 65.5 Å². The number of nitrogens with zero attached hydrogens (tertiary/aromatic N) is 4. The maximum Gasteiger partial charge on any atom is 0.218 e. The van der Waals surface area contributed by atoms with Crippen molar-refractivity contribution in [2.75, 3.05) is 13.6 Å². The molecule has 1 aromatic rings. The molecule has 2 heterocycles. The van der Waals surface area contributed by atoms with Gasteiger partial charge in [-0.3, -0.25) is 14.5 Å². The van der Waals surface area contributed by atoms with E-state index in [1.165, 1.54) is 6.07 Å². The topological polar surface area (TPSA) is 122 Å². The lowest BCUT2D eigenvalue weighted by atomic mass is 9.62. The second kappa shape index (κ2) is 8.99. The summed E-state index contributed by atoms with van der Waals surface area (Å²) in [5, 5.41) is 9.48. The second-order valence-electron chi connectivity index (χ2n) is 9.33. The van der Waals surface area contributed by atoms with Crippen LogP contribution in [0.15, 0.2) is 11.6 Å². The van der Waals surface area contributed by atoms with Gasteiger partial charge >= 0.3 is 0 Å². The number of ether oxygens (including phenoxy) is 1. The highest BCUT2D eigenvalue weighted by molar-refractivity contribution is 6.17. The number of aromatic nitrogens is 2. The molecular formula is C24H31N5O3. The zero-order valence-electron chi connectivity index (χ0n) is 18.9. The fraction of sp³-hybridized carbons (Fsp3) is 0.625. The summed E-state index contributed by atoms with van der Waals surface area (Å²) in [5.41, 5.74) is 6.17. The lowest BCUT2D eigenvalue weighted by molar-refractivity contribution is -0.143. The predicted molar refractivity (Wildman–Crippen MR) is 118 cm³/mol. The minimum Gasteiger partial charge on any atom is -0.473 e. The number of hydrogen-bond donors (Lipinski definition) is 1. The number of hydrogen-bond acceptors (Lipinski definition) is 8. The van der Waals surface area contributed by atoms with Crippen molar-refractivity contribution >= 4 is 17.3 Å². The van der Waals surface area contributed by atoms with Crippen LogP contribution in [0.3, 0.4) is 0 Å². The molecule has 0 amide bonds. The molecule has 0 aromatic carbocycles. The van der Waals surface area contributed by atoms with E-state index in [0.29, 0.717) is 31.3 Å². The fourth-order valence-electron chi connectivity index (χ4n) is 5.53. The van der Waals surface area contributed by atoms with E-state index in [2.05, 4.69) is 21.9 Å². The number of carbonyl (C=O) groups excluding carboxylic acids is 2. The van der Waals surface area contributed by atoms with Crippen LogP contribution in [0, 0.1) is 16.7 Å². The second-order valence-corrected chi connectivity index (χ2v) is 9.33. The van der Waals surface area contributed by atoms with Gasteiger partial charge in [0.2, 0.25) is 5.88 Å². The summed E-state index contributed by atoms with van der Waals surface area (Å²) in [6.07, 6.45) is 6.57. The predicted octanol–water partition coefficient (Wildman–Crippen LogP) is 2.76. The van der Waals surface area contributed by atoms with Crippen LogP contribution in [0.2, 0.25) is 0 Å². The minimum atomic E-state index is -0.940. The highest BCUT2D eigenvalue weighted by Crippen LogP contribution is 2.45. The van der Waals surface area contributed by atoms with E-state index in [9.17, 15) is 14.9 Å². The Bertz CT molecular complexity index is 994. The molecule has 2 aliphatic carbocycles. The van der Waals surface area contributed by atoms with E-state index in [0.717, 1.165) is 38.6 Å². The molecule has 170 valence electrons. The van der Waals surface area contributed by atoms with Crippen LogP contribution >= 0.6 is 0 Å². The zero-order valence-corrected chi connectivity index (χ0v) is 18.9. The average Bonchev–Trinajstić information content (AvgIpc) is 3.22. The summed E-state index contributed by atoms with van der Waals surface area (Å²) in [7, 11) is 2.07. The van der Waals surface area contributed by atoms with Gasteiger partial charge < -0.3 is 10.5 Å². The lowest BCUT2D eigenvalue weighted by Gasteiger charge is -2.38. The number of nitrogens with two attached hydrogens (primary N) is 1. The zero-order chi connectivity index (χ0) is 22.9. The van der Waals surface area contributed by atoms with Gasteiger partial charge in [-0.15, -0.1) is 0 Å². The molecule has 0 radical (unpaired) electrons. The molecule has 2 saturated carbocycles. The Kier molecular flexibility index (Phi) is 6.29. The van der Waals surface area contributed by atoms with Crippen molar-refractivity contribution in [3.63, 3.8) is 0 Å². The number of likely N-dealkylation sites (N-methyl/N-ethyl adjacent to an activating group) is 1. The summed E-state index contributed by atoms with van der Waals surface area (Å²) < 4.78 is 6.08. The monoisotopic (exact) mass is 437 g/mol. The van der Waals surface area contributed by atoms with Crippen molar-refractivity contribution in [3.8, 4) is 11.9 Å². The van der Waals surface area contributed by atoms with E-state index in [-0.39, 0.29) is 46.8 Å². The summed E-state index contributed by atoms with van der Waals surface area (Å²) in [6, 6.07) is 3.81. The van der Waals surface area contributed by atoms with Gasteiger partial charge in [0.1, 0.15) is 23.7 Å². The molecule has 1 saturated heterocycles. The smallest absolute Gasteiger partial charge is 0.218 e. The molecule has 32 heavy (non-hydrogen) atoms. The first-order valence-electron chi connectivity index (χ1n) is 11.6. The molecule has 1 spiro atoms. The molecule has 1 unspecified atom stereocenters. The first-order chi connectivity index (χ1) is 15.4. The van der Waals surface area contributed by atoms with Crippen LogP contribution < -0.4 is 10.5 Å². The van der Waals surface area contributed by atoms with Crippen molar-refractivity contribution < 1.29 is 14.3 Å². The van der Waals surface area contributed by atoms with E-state index >= 15 is 0 Å². The third-order valence-electron chi connectivity index (χ3n) is 7.34. The molecule has 3 aliphatic rings. The Morgan fingerprint density at radius 3 is 2.72 bits per heavy atom. The molecule has 2 N–H and O–H groups in total. The van der Waals surface area contributed by atoms with Gasteiger partial charge in [0.25, 0.3) is 0 Å². The molecule has 8 nitrogen and oxygen atoms in total. The summed E-state index contributed by atoms with van der Waals surface area (Å²) >= 11 is 0. The average molecular weight is 438 g/mol. The van der Waals surface area contributed by atoms with E-state index in [1.54, 1.807) is 0 Å². The van der Waals surface area contributed by atoms with Gasteiger partial charge in [-0.1, -0.05) is 6.42 Å². The van der Waals surface area contributed by atoms with E-state index < -0.39 is 5.41 Å². The van der Waals surface area contributed by atoms with Crippen molar-refractivity contribution in [1.82, 2.24) is 14.9 Å². The standard InChI is InChI=1S/C24H31N5O3/c1-15(18-8-6-12-29(18)2)32-20-13-16(14-25)27-23(28-20)21(26)17-7-5-11-24(22(17)31)10-4-3-9-19(24)30/h13,15,18H,3-12,26H2,1-2H3/b21-17-/t15-,18?,24+/m0/s1. The van der Waals surface area contributed by atoms with E-state index in [1.807, 2.05) is 13.0 Å². The van der Waals surface area contributed by atoms with Gasteiger partial charge in [-0.2, -0.15) is 10.2 Å². The normalized spacial score (nSPS) is 29.1. The molecule has 1 aromatic heterocycles. The van der Waals surface area contributed by atoms with Crippen LogP contribution in [0.4, 0.5) is 0 Å². The van der Waals surface area contributed by atoms with Crippen LogP contribution in [0.1, 0.15) is 76.2 Å². The maximum absolute atomic E-state index is 13.4. The highest BCUT2D eigenvalue weighted by atomic mass is 16.5. The Hall–Kier alpha value is -2.79. The van der Waals surface area contributed by atoms with Gasteiger partial charge in [0.15, 0.2) is 11.6 Å². The SMILES string of the molecule is C[C@H](Oc1cc(C#N)nc(/C(N)=C2\CCC[C@@]3(CCCCC3=O)C2=O)n1)C1CCCN1C. The molecule has 1 aliphatic heterocycles. The molecule has 0 bridgehead atoms. The fourth-order valence-corrected chi connectivity index (χ4v) is 5.53. The molecule has 8 heteroatoms. The quantitative estimate of drug-likeness (QED) is 0.563. The largest absolute Gasteiger partial charge is 0.473 e. The number of nitriles is 1. The maximum atomic E-state index is 13.4. The van der Waals surface area contributed by atoms with Gasteiger partial charge in [0.05, 0.1) is 11.1 Å². The Labute approximate surface area is 188 Å². The Balaban J connectivity index is 1.65. The van der Waals surface area contributed by atoms with Crippen molar-refractivity contribution in [3.05, 3.63) is 23.2 Å². The number of rotatable bonds is 4. The van der Waals surface area contributed by atoms with E-state index in [4.69, 9.17) is 10.5 Å². The van der Waals surface area contributed by atoms with Crippen molar-refractivity contribution in [2.24, 2.45) is 11.1 Å². The number of allylic oxidation sites excluding steroid dienone is 1. The molecular weight excluding hydrogens is 406 g/mol. The van der Waals surface area contributed by atoms with Crippen LogP contribution in [-0.2, 0) is 9.59 Å². The number of Topliss-reactive ketones (excluding diaryl/α,β-unsaturated/α-hetero) is 2. The Morgan fingerprint density at radius 1 is 1.25 bits per heavy atom. The number of ketones is 2. The van der Waals surface area contributed by atoms with Crippen LogP contribution in [0.25, 0.3) is 5.70 Å². The first-order valence-corrected chi connectivity index (χ1v) is 11.6. The molecule has 4 rings (SSSR count). The summed E-state index contributed by atoms with van der Waals surface area (Å²) in [6.45, 7) is 3.02. The van der Waals surface area contributed by atoms with Crippen molar-refractivity contribution in [1.29, 1.82) is 5.26 Å². The third kappa shape index (κ3) is 4.02. The highest BCUT2D eigenvalue weighted by Gasteiger charge is 2.49. The minimum absolute atomic E-state index is 0.0315. The van der Waals surface area contributed by atoms with Gasteiger partial charge in [-0.25, -0.2) is 4.98 Å². The molecule has 3 fully saturated rings.